The van der Waals surface area contributed by atoms with Crippen molar-refractivity contribution in [2.75, 3.05) is 26.2 Å². The van der Waals surface area contributed by atoms with E-state index in [1.54, 1.807) is 4.90 Å². The maximum atomic E-state index is 13.5. The van der Waals surface area contributed by atoms with Gasteiger partial charge in [0.15, 0.2) is 5.82 Å². The summed E-state index contributed by atoms with van der Waals surface area (Å²) in [5.41, 5.74) is 5.46. The van der Waals surface area contributed by atoms with Gasteiger partial charge in [0.2, 0.25) is 0 Å². The van der Waals surface area contributed by atoms with Crippen LogP contribution in [0.3, 0.4) is 0 Å². The Kier molecular flexibility index (Phi) is 4.81. The number of pyridine rings is 1. The fraction of sp³-hybridized carbons (Fsp3) is 0.538. The van der Waals surface area contributed by atoms with Crippen LogP contribution in [0.4, 0.5) is 4.39 Å². The summed E-state index contributed by atoms with van der Waals surface area (Å²) in [6.45, 7) is 2.20. The summed E-state index contributed by atoms with van der Waals surface area (Å²) < 4.78 is 19.0. The van der Waals surface area contributed by atoms with Crippen molar-refractivity contribution in [1.82, 2.24) is 9.88 Å². The lowest BCUT2D eigenvalue weighted by Crippen LogP contribution is -2.41. The van der Waals surface area contributed by atoms with Crippen LogP contribution in [0.1, 0.15) is 23.2 Å². The minimum Gasteiger partial charge on any atom is -0.377 e. The molecule has 0 spiro atoms. The highest BCUT2D eigenvalue weighted by atomic mass is 19.1. The third-order valence-electron chi connectivity index (χ3n) is 3.20. The number of carbonyl (C=O) groups is 1. The molecule has 5 nitrogen and oxygen atoms in total. The van der Waals surface area contributed by atoms with Crippen LogP contribution in [0.2, 0.25) is 0 Å². The Hall–Kier alpha value is -1.53. The molecule has 1 aliphatic rings. The Labute approximate surface area is 111 Å². The fourth-order valence-corrected chi connectivity index (χ4v) is 2.18. The van der Waals surface area contributed by atoms with Crippen LogP contribution in [0.15, 0.2) is 18.5 Å². The van der Waals surface area contributed by atoms with E-state index in [4.69, 9.17) is 10.5 Å². The van der Waals surface area contributed by atoms with Crippen LogP contribution in [0.25, 0.3) is 0 Å². The van der Waals surface area contributed by atoms with Crippen molar-refractivity contribution < 1.29 is 13.9 Å². The van der Waals surface area contributed by atoms with Crippen molar-refractivity contribution in [3.05, 3.63) is 29.8 Å². The number of piperidine rings is 1. The Balaban J connectivity index is 1.91. The van der Waals surface area contributed by atoms with Gasteiger partial charge in [0, 0.05) is 25.8 Å². The topological polar surface area (TPSA) is 68.5 Å². The molecule has 0 aliphatic carbocycles. The minimum absolute atomic E-state index is 0.0799. The molecule has 0 saturated carbocycles. The average molecular weight is 267 g/mol. The molecule has 6 heteroatoms. The van der Waals surface area contributed by atoms with Gasteiger partial charge in [-0.05, 0) is 18.9 Å². The van der Waals surface area contributed by atoms with Crippen LogP contribution in [-0.2, 0) is 4.74 Å². The predicted octanol–water partition coefficient (Wildman–Crippen LogP) is 0.801. The summed E-state index contributed by atoms with van der Waals surface area (Å²) in [6.07, 6.45) is 4.16. The minimum atomic E-state index is -0.575. The second-order valence-corrected chi connectivity index (χ2v) is 4.51. The quantitative estimate of drug-likeness (QED) is 0.876. The van der Waals surface area contributed by atoms with Gasteiger partial charge in [-0.15, -0.1) is 0 Å². The first kappa shape index (κ1) is 13.9. The van der Waals surface area contributed by atoms with Crippen molar-refractivity contribution in [2.45, 2.75) is 18.9 Å². The third kappa shape index (κ3) is 3.48. The number of aromatic nitrogens is 1. The van der Waals surface area contributed by atoms with Gasteiger partial charge in [0.25, 0.3) is 5.91 Å². The van der Waals surface area contributed by atoms with Gasteiger partial charge in [0.05, 0.1) is 24.5 Å². The van der Waals surface area contributed by atoms with E-state index in [9.17, 15) is 9.18 Å². The maximum Gasteiger partial charge on any atom is 0.256 e. The molecule has 1 fully saturated rings. The lowest BCUT2D eigenvalue weighted by molar-refractivity contribution is 0.0120. The number of nitrogens with zero attached hydrogens (tertiary/aromatic N) is 2. The standard InChI is InChI=1S/C13H18FN3O2/c14-12-9-16-5-1-11(12)13(18)17-6-2-10(3-7-17)19-8-4-15/h1,5,9-10H,2-4,6-8,15H2. The fourth-order valence-electron chi connectivity index (χ4n) is 2.18. The van der Waals surface area contributed by atoms with Gasteiger partial charge in [-0.2, -0.15) is 0 Å². The summed E-state index contributed by atoms with van der Waals surface area (Å²) in [4.78, 5) is 17.4. The molecule has 104 valence electrons. The molecule has 1 saturated heterocycles. The molecule has 2 rings (SSSR count). The molecule has 0 atom stereocenters. The first-order chi connectivity index (χ1) is 9.22. The highest BCUT2D eigenvalue weighted by Crippen LogP contribution is 2.17. The van der Waals surface area contributed by atoms with Crippen molar-refractivity contribution in [2.24, 2.45) is 5.73 Å². The van der Waals surface area contributed by atoms with Crippen LogP contribution in [0.5, 0.6) is 0 Å². The Bertz CT molecular complexity index is 434. The number of rotatable bonds is 4. The molecule has 0 aromatic carbocycles. The number of amides is 1. The van der Waals surface area contributed by atoms with E-state index >= 15 is 0 Å². The van der Waals surface area contributed by atoms with E-state index < -0.39 is 5.82 Å². The molecule has 0 unspecified atom stereocenters. The normalized spacial score (nSPS) is 16.6. The van der Waals surface area contributed by atoms with Gasteiger partial charge < -0.3 is 15.4 Å². The maximum absolute atomic E-state index is 13.5. The van der Waals surface area contributed by atoms with Crippen molar-refractivity contribution >= 4 is 5.91 Å². The van der Waals surface area contributed by atoms with Gasteiger partial charge in [-0.3, -0.25) is 9.78 Å². The van der Waals surface area contributed by atoms with Crippen molar-refractivity contribution in [3.8, 4) is 0 Å². The molecule has 19 heavy (non-hydrogen) atoms. The Morgan fingerprint density at radius 3 is 2.89 bits per heavy atom. The number of carbonyl (C=O) groups excluding carboxylic acids is 1. The number of likely N-dealkylation sites (tertiary alicyclic amines) is 1. The summed E-state index contributed by atoms with van der Waals surface area (Å²) in [5.74, 6) is -0.855. The molecular formula is C13H18FN3O2. The number of hydrogen-bond donors (Lipinski definition) is 1. The second kappa shape index (κ2) is 6.58. The number of hydrogen-bond acceptors (Lipinski definition) is 4. The molecule has 0 radical (unpaired) electrons. The Morgan fingerprint density at radius 1 is 1.53 bits per heavy atom. The van der Waals surface area contributed by atoms with E-state index in [1.165, 1.54) is 12.3 Å². The van der Waals surface area contributed by atoms with Gasteiger partial charge in [-0.1, -0.05) is 0 Å². The highest BCUT2D eigenvalue weighted by Gasteiger charge is 2.25. The van der Waals surface area contributed by atoms with Crippen molar-refractivity contribution in [3.63, 3.8) is 0 Å². The third-order valence-corrected chi connectivity index (χ3v) is 3.20. The molecule has 1 aliphatic heterocycles. The lowest BCUT2D eigenvalue weighted by atomic mass is 10.1. The molecular weight excluding hydrogens is 249 g/mol. The van der Waals surface area contributed by atoms with Crippen LogP contribution >= 0.6 is 0 Å². The van der Waals surface area contributed by atoms with E-state index in [2.05, 4.69) is 4.98 Å². The van der Waals surface area contributed by atoms with E-state index in [1.807, 2.05) is 0 Å². The first-order valence-electron chi connectivity index (χ1n) is 6.43. The number of ether oxygens (including phenoxy) is 1. The summed E-state index contributed by atoms with van der Waals surface area (Å²) in [7, 11) is 0. The van der Waals surface area contributed by atoms with Crippen LogP contribution in [0, 0.1) is 5.82 Å². The van der Waals surface area contributed by atoms with E-state index in [0.717, 1.165) is 19.0 Å². The van der Waals surface area contributed by atoms with Gasteiger partial charge in [0.1, 0.15) is 0 Å². The molecule has 2 N–H and O–H groups in total. The monoisotopic (exact) mass is 267 g/mol. The summed E-state index contributed by atoms with van der Waals surface area (Å²) >= 11 is 0. The predicted molar refractivity (Wildman–Crippen MR) is 68.1 cm³/mol. The zero-order chi connectivity index (χ0) is 13.7. The van der Waals surface area contributed by atoms with E-state index in [-0.39, 0.29) is 17.6 Å². The average Bonchev–Trinajstić information content (AvgIpc) is 2.45. The molecule has 1 aromatic heterocycles. The molecule has 1 aromatic rings. The van der Waals surface area contributed by atoms with E-state index in [0.29, 0.717) is 26.2 Å². The largest absolute Gasteiger partial charge is 0.377 e. The first-order valence-corrected chi connectivity index (χ1v) is 6.43. The Morgan fingerprint density at radius 2 is 2.26 bits per heavy atom. The van der Waals surface area contributed by atoms with Crippen LogP contribution < -0.4 is 5.73 Å². The zero-order valence-electron chi connectivity index (χ0n) is 10.7. The summed E-state index contributed by atoms with van der Waals surface area (Å²) in [6, 6.07) is 1.41. The molecule has 0 bridgehead atoms. The summed E-state index contributed by atoms with van der Waals surface area (Å²) in [5, 5.41) is 0. The lowest BCUT2D eigenvalue weighted by Gasteiger charge is -2.32. The molecule has 1 amide bonds. The molecule has 2 heterocycles. The zero-order valence-corrected chi connectivity index (χ0v) is 10.7. The van der Waals surface area contributed by atoms with Gasteiger partial charge >= 0.3 is 0 Å². The van der Waals surface area contributed by atoms with Gasteiger partial charge in [-0.25, -0.2) is 4.39 Å². The smallest absolute Gasteiger partial charge is 0.256 e. The SMILES string of the molecule is NCCOC1CCN(C(=O)c2ccncc2F)CC1. The van der Waals surface area contributed by atoms with Crippen molar-refractivity contribution in [1.29, 1.82) is 0 Å². The number of nitrogens with two attached hydrogens (primary N) is 1. The number of halogens is 1. The second-order valence-electron chi connectivity index (χ2n) is 4.51. The highest BCUT2D eigenvalue weighted by molar-refractivity contribution is 5.94. The van der Waals surface area contributed by atoms with Crippen LogP contribution in [-0.4, -0.2) is 48.1 Å².